The predicted molar refractivity (Wildman–Crippen MR) is 117 cm³/mol. The Bertz CT molecular complexity index is 942. The van der Waals surface area contributed by atoms with Gasteiger partial charge in [0.1, 0.15) is 0 Å². The van der Waals surface area contributed by atoms with Crippen LogP contribution in [0.25, 0.3) is 6.08 Å². The Morgan fingerprint density at radius 2 is 2.00 bits per heavy atom. The Labute approximate surface area is 176 Å². The molecule has 0 saturated carbocycles. The van der Waals surface area contributed by atoms with Gasteiger partial charge in [-0.3, -0.25) is 4.79 Å². The first-order valence-electron chi connectivity index (χ1n) is 9.60. The number of rotatable bonds is 7. The lowest BCUT2D eigenvalue weighted by Crippen LogP contribution is -2.37. The third-order valence-electron chi connectivity index (χ3n) is 4.61. The second kappa shape index (κ2) is 10.00. The van der Waals surface area contributed by atoms with Crippen LogP contribution in [0.2, 0.25) is 0 Å². The molecule has 0 spiro atoms. The molecule has 1 aromatic heterocycles. The molecular weight excluding hydrogens is 408 g/mol. The Balaban J connectivity index is 1.45. The molecule has 1 N–H and O–H groups in total. The number of sulfonamides is 1. The molecule has 1 aliphatic rings. The molecule has 1 fully saturated rings. The molecule has 29 heavy (non-hydrogen) atoms. The van der Waals surface area contributed by atoms with Gasteiger partial charge in [-0.2, -0.15) is 0 Å². The van der Waals surface area contributed by atoms with Crippen molar-refractivity contribution in [2.24, 2.45) is 0 Å². The number of nitrogens with one attached hydrogen (secondary N) is 1. The molecule has 2 aromatic rings. The monoisotopic (exact) mass is 434 g/mol. The molecule has 9 heteroatoms. The fourth-order valence-corrected chi connectivity index (χ4v) is 4.76. The highest BCUT2D eigenvalue weighted by atomic mass is 32.2. The highest BCUT2D eigenvalue weighted by Crippen LogP contribution is 2.21. The third kappa shape index (κ3) is 6.66. The van der Waals surface area contributed by atoms with Gasteiger partial charge in [-0.1, -0.05) is 30.3 Å². The van der Waals surface area contributed by atoms with Gasteiger partial charge in [-0.15, -0.1) is 11.3 Å². The third-order valence-corrected chi connectivity index (χ3v) is 6.73. The van der Waals surface area contributed by atoms with Gasteiger partial charge >= 0.3 is 0 Å². The molecule has 1 amide bonds. The summed E-state index contributed by atoms with van der Waals surface area (Å²) in [6.45, 7) is 4.98. The molecule has 3 rings (SSSR count). The summed E-state index contributed by atoms with van der Waals surface area (Å²) in [5, 5.41) is 4.16. The van der Waals surface area contributed by atoms with Crippen molar-refractivity contribution >= 4 is 38.5 Å². The minimum atomic E-state index is -3.57. The number of benzene rings is 1. The van der Waals surface area contributed by atoms with Crippen LogP contribution in [-0.2, 0) is 14.8 Å². The van der Waals surface area contributed by atoms with Crippen LogP contribution in [0.4, 0.5) is 5.13 Å². The molecule has 1 saturated heterocycles. The highest BCUT2D eigenvalue weighted by molar-refractivity contribution is 7.92. The van der Waals surface area contributed by atoms with Gasteiger partial charge in [0.15, 0.2) is 5.13 Å². The zero-order valence-corrected chi connectivity index (χ0v) is 18.1. The van der Waals surface area contributed by atoms with Crippen molar-refractivity contribution < 1.29 is 13.2 Å². The van der Waals surface area contributed by atoms with E-state index in [2.05, 4.69) is 14.6 Å². The van der Waals surface area contributed by atoms with Crippen LogP contribution in [0.15, 0.2) is 41.1 Å². The zero-order valence-electron chi connectivity index (χ0n) is 16.5. The molecule has 1 aliphatic heterocycles. The summed E-state index contributed by atoms with van der Waals surface area (Å²) < 4.78 is 26.6. The van der Waals surface area contributed by atoms with Gasteiger partial charge in [-0.25, -0.2) is 18.1 Å². The van der Waals surface area contributed by atoms with Crippen LogP contribution in [0.3, 0.4) is 0 Å². The van der Waals surface area contributed by atoms with E-state index in [-0.39, 0.29) is 18.9 Å². The number of hydrogen-bond donors (Lipinski definition) is 1. The molecule has 1 aromatic carbocycles. The molecule has 0 aliphatic carbocycles. The second-order valence-electron chi connectivity index (χ2n) is 6.90. The highest BCUT2D eigenvalue weighted by Gasteiger charge is 2.20. The van der Waals surface area contributed by atoms with Gasteiger partial charge in [0.25, 0.3) is 0 Å². The van der Waals surface area contributed by atoms with Crippen LogP contribution < -0.4 is 9.62 Å². The van der Waals surface area contributed by atoms with Gasteiger partial charge in [0, 0.05) is 49.9 Å². The number of anilines is 1. The van der Waals surface area contributed by atoms with E-state index in [0.717, 1.165) is 41.3 Å². The van der Waals surface area contributed by atoms with Crippen molar-refractivity contribution in [3.05, 3.63) is 52.4 Å². The van der Waals surface area contributed by atoms with Crippen LogP contribution in [0.5, 0.6) is 0 Å². The van der Waals surface area contributed by atoms with Crippen LogP contribution in [0.1, 0.15) is 24.1 Å². The number of aromatic nitrogens is 1. The van der Waals surface area contributed by atoms with E-state index in [4.69, 9.17) is 0 Å². The number of aryl methyl sites for hydroxylation is 1. The lowest BCUT2D eigenvalue weighted by atomic mass is 10.2. The largest absolute Gasteiger partial charge is 0.346 e. The van der Waals surface area contributed by atoms with Gasteiger partial charge in [0.2, 0.25) is 15.9 Å². The lowest BCUT2D eigenvalue weighted by Gasteiger charge is -2.21. The summed E-state index contributed by atoms with van der Waals surface area (Å²) >= 11 is 1.62. The molecule has 0 atom stereocenters. The van der Waals surface area contributed by atoms with E-state index in [9.17, 15) is 13.2 Å². The summed E-state index contributed by atoms with van der Waals surface area (Å²) in [5.41, 5.74) is 1.81. The van der Waals surface area contributed by atoms with Crippen molar-refractivity contribution in [2.75, 3.05) is 37.6 Å². The number of nitrogens with zero attached hydrogens (tertiary/aromatic N) is 3. The standard InChI is InChI=1S/C20H26N4O3S2/c1-17-16-28-20(22-17)24-12-5-11-23(13-14-24)19(25)8-10-21-29(26,27)15-9-18-6-3-2-4-7-18/h2-4,6-7,9,15-16,21H,5,8,10-14H2,1H3/b15-9+. The molecular formula is C20H26N4O3S2. The first-order chi connectivity index (χ1) is 13.9. The maximum Gasteiger partial charge on any atom is 0.233 e. The Hall–Kier alpha value is -2.23. The summed E-state index contributed by atoms with van der Waals surface area (Å²) in [6.07, 6.45) is 2.55. The van der Waals surface area contributed by atoms with E-state index in [0.29, 0.717) is 13.1 Å². The Morgan fingerprint density at radius 1 is 1.21 bits per heavy atom. The van der Waals surface area contributed by atoms with Crippen LogP contribution in [-0.4, -0.2) is 56.9 Å². The number of carbonyl (C=O) groups is 1. The number of thiazole rings is 1. The molecule has 2 heterocycles. The molecule has 0 radical (unpaired) electrons. The van der Waals surface area contributed by atoms with Crippen LogP contribution >= 0.6 is 11.3 Å². The molecule has 0 bridgehead atoms. The Morgan fingerprint density at radius 3 is 2.72 bits per heavy atom. The quantitative estimate of drug-likeness (QED) is 0.724. The van der Waals surface area contributed by atoms with Crippen molar-refractivity contribution in [2.45, 2.75) is 19.8 Å². The van der Waals surface area contributed by atoms with Crippen molar-refractivity contribution in [1.82, 2.24) is 14.6 Å². The minimum Gasteiger partial charge on any atom is -0.346 e. The normalized spacial score (nSPS) is 15.6. The molecule has 7 nitrogen and oxygen atoms in total. The first-order valence-corrected chi connectivity index (χ1v) is 12.0. The fourth-order valence-electron chi connectivity index (χ4n) is 3.08. The SMILES string of the molecule is Cc1csc(N2CCCN(C(=O)CCNS(=O)(=O)/C=C/c3ccccc3)CC2)n1. The van der Waals surface area contributed by atoms with Crippen molar-refractivity contribution in [3.8, 4) is 0 Å². The predicted octanol–water partition coefficient (Wildman–Crippen LogP) is 2.47. The van der Waals surface area contributed by atoms with E-state index in [1.807, 2.05) is 47.5 Å². The van der Waals surface area contributed by atoms with Gasteiger partial charge < -0.3 is 9.80 Å². The first kappa shape index (κ1) is 21.5. The summed E-state index contributed by atoms with van der Waals surface area (Å²) in [7, 11) is -3.57. The van der Waals surface area contributed by atoms with Gasteiger partial charge in [0.05, 0.1) is 5.69 Å². The number of carbonyl (C=O) groups excluding carboxylic acids is 1. The minimum absolute atomic E-state index is 0.0306. The number of amides is 1. The maximum absolute atomic E-state index is 12.5. The summed E-state index contributed by atoms with van der Waals surface area (Å²) in [5.74, 6) is -0.0306. The fraction of sp³-hybridized carbons (Fsp3) is 0.400. The average Bonchev–Trinajstić information content (AvgIpc) is 2.99. The van der Waals surface area contributed by atoms with E-state index in [1.165, 1.54) is 6.08 Å². The maximum atomic E-state index is 12.5. The van der Waals surface area contributed by atoms with E-state index in [1.54, 1.807) is 11.3 Å². The zero-order chi connectivity index (χ0) is 20.7. The van der Waals surface area contributed by atoms with Crippen LogP contribution in [0, 0.1) is 6.92 Å². The molecule has 0 unspecified atom stereocenters. The Kier molecular flexibility index (Phi) is 7.40. The van der Waals surface area contributed by atoms with Gasteiger partial charge in [-0.05, 0) is 25.0 Å². The summed E-state index contributed by atoms with van der Waals surface area (Å²) in [4.78, 5) is 21.0. The smallest absolute Gasteiger partial charge is 0.233 e. The topological polar surface area (TPSA) is 82.6 Å². The average molecular weight is 435 g/mol. The van der Waals surface area contributed by atoms with E-state index >= 15 is 0 Å². The summed E-state index contributed by atoms with van der Waals surface area (Å²) in [6, 6.07) is 9.21. The molecule has 156 valence electrons. The van der Waals surface area contributed by atoms with E-state index < -0.39 is 10.0 Å². The number of hydrogen-bond acceptors (Lipinski definition) is 6. The van der Waals surface area contributed by atoms with Crippen molar-refractivity contribution in [1.29, 1.82) is 0 Å². The van der Waals surface area contributed by atoms with Crippen molar-refractivity contribution in [3.63, 3.8) is 0 Å². The second-order valence-corrected chi connectivity index (χ2v) is 9.38. The lowest BCUT2D eigenvalue weighted by molar-refractivity contribution is -0.130.